The molecule has 0 heterocycles. The highest BCUT2D eigenvalue weighted by atomic mass is 16.5. The van der Waals surface area contributed by atoms with Gasteiger partial charge in [-0.15, -0.1) is 0 Å². The van der Waals surface area contributed by atoms with E-state index >= 15 is 0 Å². The van der Waals surface area contributed by atoms with Gasteiger partial charge in [-0.05, 0) is 6.42 Å². The molecular formula is C9H16N2O5. The summed E-state index contributed by atoms with van der Waals surface area (Å²) in [4.78, 5) is 32.3. The van der Waals surface area contributed by atoms with Gasteiger partial charge < -0.3 is 20.9 Å². The normalized spacial score (nSPS) is 11.6. The fourth-order valence-corrected chi connectivity index (χ4v) is 0.838. The molecule has 7 nitrogen and oxygen atoms in total. The highest BCUT2D eigenvalue weighted by Crippen LogP contribution is 1.88. The van der Waals surface area contributed by atoms with Crippen molar-refractivity contribution in [2.24, 2.45) is 5.73 Å². The number of aliphatic carboxylic acids is 1. The summed E-state index contributed by atoms with van der Waals surface area (Å²) in [6, 6.07) is -1.16. The molecule has 0 rings (SSSR count). The highest BCUT2D eigenvalue weighted by molar-refractivity contribution is 5.88. The van der Waals surface area contributed by atoms with Gasteiger partial charge in [-0.25, -0.2) is 0 Å². The van der Waals surface area contributed by atoms with Crippen LogP contribution in [0.1, 0.15) is 19.8 Å². The van der Waals surface area contributed by atoms with Crippen molar-refractivity contribution in [1.82, 2.24) is 5.32 Å². The number of carboxylic acids is 1. The molecule has 0 aliphatic carbocycles. The lowest BCUT2D eigenvalue weighted by molar-refractivity contribution is -0.144. The van der Waals surface area contributed by atoms with Crippen LogP contribution in [0.15, 0.2) is 0 Å². The number of carbonyl (C=O) groups is 3. The number of nitrogens with one attached hydrogen (secondary N) is 1. The third-order valence-corrected chi connectivity index (χ3v) is 1.61. The molecule has 0 spiro atoms. The Bertz CT molecular complexity index is 267. The summed E-state index contributed by atoms with van der Waals surface area (Å²) in [6.07, 6.45) is 0.216. The maximum absolute atomic E-state index is 11.1. The van der Waals surface area contributed by atoms with E-state index in [1.54, 1.807) is 0 Å². The van der Waals surface area contributed by atoms with Gasteiger partial charge in [0.1, 0.15) is 6.54 Å². The van der Waals surface area contributed by atoms with Crippen molar-refractivity contribution in [1.29, 1.82) is 0 Å². The molecule has 0 aromatic carbocycles. The van der Waals surface area contributed by atoms with Crippen molar-refractivity contribution in [2.45, 2.75) is 25.8 Å². The quantitative estimate of drug-likeness (QED) is 0.477. The Kier molecular flexibility index (Phi) is 6.86. The van der Waals surface area contributed by atoms with Gasteiger partial charge >= 0.3 is 11.9 Å². The minimum absolute atomic E-state index is 0.288. The molecule has 92 valence electrons. The van der Waals surface area contributed by atoms with E-state index in [9.17, 15) is 14.4 Å². The summed E-state index contributed by atoms with van der Waals surface area (Å²) in [7, 11) is 0. The van der Waals surface area contributed by atoms with Gasteiger partial charge in [0.25, 0.3) is 0 Å². The predicted molar refractivity (Wildman–Crippen MR) is 54.5 cm³/mol. The van der Waals surface area contributed by atoms with E-state index in [1.165, 1.54) is 0 Å². The molecule has 7 heteroatoms. The fraction of sp³-hybridized carbons (Fsp3) is 0.667. The number of nitrogens with two attached hydrogens (primary N) is 1. The molecule has 0 aromatic heterocycles. The van der Waals surface area contributed by atoms with Crippen LogP contribution in [0.2, 0.25) is 0 Å². The molecule has 0 aromatic rings. The van der Waals surface area contributed by atoms with Crippen LogP contribution in [0.3, 0.4) is 0 Å². The van der Waals surface area contributed by atoms with Gasteiger partial charge in [-0.3, -0.25) is 14.4 Å². The van der Waals surface area contributed by atoms with Gasteiger partial charge in [0, 0.05) is 0 Å². The van der Waals surface area contributed by atoms with Crippen LogP contribution in [-0.4, -0.2) is 42.1 Å². The molecular weight excluding hydrogens is 216 g/mol. The molecule has 0 fully saturated rings. The number of amides is 1. The Balaban J connectivity index is 3.79. The molecule has 0 aliphatic heterocycles. The number of esters is 1. The Hall–Kier alpha value is -1.63. The van der Waals surface area contributed by atoms with Crippen molar-refractivity contribution in [3.05, 3.63) is 0 Å². The molecule has 0 bridgehead atoms. The van der Waals surface area contributed by atoms with E-state index in [-0.39, 0.29) is 13.2 Å². The second kappa shape index (κ2) is 7.63. The average molecular weight is 232 g/mol. The van der Waals surface area contributed by atoms with Crippen molar-refractivity contribution in [3.63, 3.8) is 0 Å². The van der Waals surface area contributed by atoms with E-state index in [2.05, 4.69) is 5.32 Å². The summed E-state index contributed by atoms with van der Waals surface area (Å²) in [5, 5.41) is 10.6. The lowest BCUT2D eigenvalue weighted by atomic mass is 10.2. The van der Waals surface area contributed by atoms with E-state index in [4.69, 9.17) is 15.6 Å². The maximum Gasteiger partial charge on any atom is 0.325 e. The van der Waals surface area contributed by atoms with E-state index in [0.717, 1.165) is 0 Å². The van der Waals surface area contributed by atoms with Gasteiger partial charge in [0.15, 0.2) is 0 Å². The zero-order chi connectivity index (χ0) is 12.6. The lowest BCUT2D eigenvalue weighted by Crippen LogP contribution is -2.44. The molecule has 0 aliphatic rings. The number of carboxylic acid groups (broad SMARTS) is 1. The molecule has 1 amide bonds. The molecule has 1 atom stereocenters. The minimum atomic E-state index is -1.17. The van der Waals surface area contributed by atoms with Gasteiger partial charge in [0.2, 0.25) is 5.91 Å². The van der Waals surface area contributed by atoms with E-state index in [1.807, 2.05) is 6.92 Å². The fourth-order valence-electron chi connectivity index (χ4n) is 0.838. The lowest BCUT2D eigenvalue weighted by Gasteiger charge is -2.09. The molecule has 0 unspecified atom stereocenters. The Morgan fingerprint density at radius 1 is 1.44 bits per heavy atom. The summed E-state index contributed by atoms with van der Waals surface area (Å²) in [6.45, 7) is 1.83. The van der Waals surface area contributed by atoms with Crippen LogP contribution in [0.5, 0.6) is 0 Å². The highest BCUT2D eigenvalue weighted by Gasteiger charge is 2.17. The molecule has 0 radical (unpaired) electrons. The first-order valence-corrected chi connectivity index (χ1v) is 4.88. The number of rotatable bonds is 7. The Morgan fingerprint density at radius 2 is 2.06 bits per heavy atom. The van der Waals surface area contributed by atoms with Crippen LogP contribution in [0.25, 0.3) is 0 Å². The van der Waals surface area contributed by atoms with E-state index < -0.39 is 30.3 Å². The Morgan fingerprint density at radius 3 is 2.56 bits per heavy atom. The van der Waals surface area contributed by atoms with Crippen molar-refractivity contribution >= 4 is 17.8 Å². The van der Waals surface area contributed by atoms with Gasteiger partial charge in [-0.2, -0.15) is 0 Å². The van der Waals surface area contributed by atoms with Gasteiger partial charge in [0.05, 0.1) is 19.1 Å². The average Bonchev–Trinajstić information content (AvgIpc) is 2.21. The number of hydrogen-bond donors (Lipinski definition) is 3. The zero-order valence-electron chi connectivity index (χ0n) is 9.06. The second-order valence-electron chi connectivity index (χ2n) is 3.14. The van der Waals surface area contributed by atoms with E-state index in [0.29, 0.717) is 6.42 Å². The zero-order valence-corrected chi connectivity index (χ0v) is 9.06. The second-order valence-corrected chi connectivity index (χ2v) is 3.14. The van der Waals surface area contributed by atoms with Gasteiger partial charge in [-0.1, -0.05) is 6.92 Å². The standard InChI is InChI=1S/C9H16N2O5/c1-2-3-16-8(14)5-11-9(15)6(10)4-7(12)13/h6H,2-5,10H2,1H3,(H,11,15)(H,12,13)/t6-/m1/s1. The van der Waals surface area contributed by atoms with Crippen molar-refractivity contribution in [3.8, 4) is 0 Å². The van der Waals surface area contributed by atoms with Crippen LogP contribution >= 0.6 is 0 Å². The van der Waals surface area contributed by atoms with Crippen molar-refractivity contribution in [2.75, 3.05) is 13.2 Å². The maximum atomic E-state index is 11.1. The summed E-state index contributed by atoms with van der Waals surface area (Å²) in [5.74, 6) is -2.43. The number of ether oxygens (including phenoxy) is 1. The predicted octanol–water partition coefficient (Wildman–Crippen LogP) is -1.14. The third kappa shape index (κ3) is 6.77. The summed E-state index contributed by atoms with van der Waals surface area (Å²) >= 11 is 0. The molecule has 16 heavy (non-hydrogen) atoms. The monoisotopic (exact) mass is 232 g/mol. The molecule has 4 N–H and O–H groups in total. The number of carbonyl (C=O) groups excluding carboxylic acids is 2. The first kappa shape index (κ1) is 14.4. The number of hydrogen-bond acceptors (Lipinski definition) is 5. The molecule has 0 saturated heterocycles. The molecule has 0 saturated carbocycles. The van der Waals surface area contributed by atoms with Crippen LogP contribution in [0.4, 0.5) is 0 Å². The first-order valence-electron chi connectivity index (χ1n) is 4.88. The Labute approximate surface area is 92.9 Å². The smallest absolute Gasteiger partial charge is 0.325 e. The van der Waals surface area contributed by atoms with Crippen LogP contribution < -0.4 is 11.1 Å². The minimum Gasteiger partial charge on any atom is -0.481 e. The summed E-state index contributed by atoms with van der Waals surface area (Å²) < 4.78 is 4.69. The van der Waals surface area contributed by atoms with Crippen molar-refractivity contribution < 1.29 is 24.2 Å². The summed E-state index contributed by atoms with van der Waals surface area (Å²) in [5.41, 5.74) is 5.26. The van der Waals surface area contributed by atoms with Crippen LogP contribution in [-0.2, 0) is 19.1 Å². The van der Waals surface area contributed by atoms with Crippen LogP contribution in [0, 0.1) is 0 Å². The topological polar surface area (TPSA) is 119 Å². The SMILES string of the molecule is CCCOC(=O)CNC(=O)[C@H](N)CC(=O)O. The first-order chi connectivity index (χ1) is 7.47. The third-order valence-electron chi connectivity index (χ3n) is 1.61. The largest absolute Gasteiger partial charge is 0.481 e.